The Balaban J connectivity index is 2.03. The van der Waals surface area contributed by atoms with Gasteiger partial charge < -0.3 is 10.4 Å². The summed E-state index contributed by atoms with van der Waals surface area (Å²) in [7, 11) is 0. The van der Waals surface area contributed by atoms with Crippen molar-refractivity contribution < 1.29 is 14.3 Å². The molecule has 1 aliphatic rings. The number of halogens is 1. The van der Waals surface area contributed by atoms with Crippen molar-refractivity contribution in [1.82, 2.24) is 5.32 Å². The van der Waals surface area contributed by atoms with Gasteiger partial charge in [0.15, 0.2) is 0 Å². The number of carbonyl (C=O) groups excluding carboxylic acids is 1. The molecule has 0 unspecified atom stereocenters. The summed E-state index contributed by atoms with van der Waals surface area (Å²) >= 11 is 0. The van der Waals surface area contributed by atoms with Crippen LogP contribution in [0.1, 0.15) is 28.8 Å². The lowest BCUT2D eigenvalue weighted by molar-refractivity contribution is 0.0561. The third-order valence-electron chi connectivity index (χ3n) is 2.82. The van der Waals surface area contributed by atoms with Crippen LogP contribution in [0.4, 0.5) is 4.39 Å². The number of hydrogen-bond acceptors (Lipinski definition) is 2. The zero-order valence-electron chi connectivity index (χ0n) is 9.03. The summed E-state index contributed by atoms with van der Waals surface area (Å²) in [5.41, 5.74) is 0.847. The van der Waals surface area contributed by atoms with Gasteiger partial charge in [-0.25, -0.2) is 4.39 Å². The van der Waals surface area contributed by atoms with Crippen molar-refractivity contribution in [3.63, 3.8) is 0 Å². The molecule has 2 rings (SSSR count). The molecule has 0 aromatic heterocycles. The van der Waals surface area contributed by atoms with Crippen LogP contribution in [-0.4, -0.2) is 23.2 Å². The standard InChI is InChI=1S/C12H14FNO2/c1-7-2-3-10(11(13)4-7)12(16)14-8-5-9(15)6-8/h2-4,8-9,15H,5-6H2,1H3,(H,14,16). The van der Waals surface area contributed by atoms with Crippen LogP contribution in [0.15, 0.2) is 18.2 Å². The number of amides is 1. The van der Waals surface area contributed by atoms with E-state index >= 15 is 0 Å². The van der Waals surface area contributed by atoms with E-state index in [1.807, 2.05) is 0 Å². The molecule has 0 heterocycles. The Labute approximate surface area is 93.3 Å². The Bertz CT molecular complexity index is 413. The largest absolute Gasteiger partial charge is 0.393 e. The summed E-state index contributed by atoms with van der Waals surface area (Å²) in [4.78, 5) is 11.7. The molecule has 0 spiro atoms. The molecule has 86 valence electrons. The summed E-state index contributed by atoms with van der Waals surface area (Å²) < 4.78 is 13.4. The molecule has 1 aliphatic carbocycles. The molecule has 16 heavy (non-hydrogen) atoms. The monoisotopic (exact) mass is 223 g/mol. The van der Waals surface area contributed by atoms with Gasteiger partial charge in [-0.05, 0) is 37.5 Å². The van der Waals surface area contributed by atoms with E-state index in [2.05, 4.69) is 5.32 Å². The first kappa shape index (κ1) is 11.1. The zero-order valence-corrected chi connectivity index (χ0v) is 9.03. The third kappa shape index (κ3) is 2.22. The van der Waals surface area contributed by atoms with E-state index in [4.69, 9.17) is 5.11 Å². The summed E-state index contributed by atoms with van der Waals surface area (Å²) in [5.74, 6) is -0.910. The lowest BCUT2D eigenvalue weighted by Crippen LogP contribution is -2.46. The lowest BCUT2D eigenvalue weighted by Gasteiger charge is -2.31. The first-order valence-electron chi connectivity index (χ1n) is 5.31. The second-order valence-corrected chi connectivity index (χ2v) is 4.28. The van der Waals surface area contributed by atoms with Gasteiger partial charge in [0.2, 0.25) is 0 Å². The number of carbonyl (C=O) groups is 1. The maximum Gasteiger partial charge on any atom is 0.254 e. The van der Waals surface area contributed by atoms with Crippen LogP contribution in [0.5, 0.6) is 0 Å². The van der Waals surface area contributed by atoms with Crippen LogP contribution in [0.2, 0.25) is 0 Å². The molecule has 0 saturated heterocycles. The lowest BCUT2D eigenvalue weighted by atomic mass is 9.89. The topological polar surface area (TPSA) is 49.3 Å². The SMILES string of the molecule is Cc1ccc(C(=O)NC2CC(O)C2)c(F)c1. The predicted octanol–water partition coefficient (Wildman–Crippen LogP) is 1.39. The number of hydrogen-bond donors (Lipinski definition) is 2. The minimum absolute atomic E-state index is 0.0248. The molecule has 1 saturated carbocycles. The molecule has 0 aliphatic heterocycles. The Hall–Kier alpha value is -1.42. The molecule has 1 aromatic rings. The van der Waals surface area contributed by atoms with Gasteiger partial charge in [0, 0.05) is 6.04 Å². The highest BCUT2D eigenvalue weighted by Crippen LogP contribution is 2.20. The van der Waals surface area contributed by atoms with Crippen molar-refractivity contribution in [2.24, 2.45) is 0 Å². The summed E-state index contributed by atoms with van der Waals surface area (Å²) in [6.07, 6.45) is 0.784. The number of aliphatic hydroxyl groups excluding tert-OH is 1. The van der Waals surface area contributed by atoms with Gasteiger partial charge in [-0.2, -0.15) is 0 Å². The first-order chi connectivity index (χ1) is 7.56. The molecular weight excluding hydrogens is 209 g/mol. The fourth-order valence-electron chi connectivity index (χ4n) is 1.77. The predicted molar refractivity (Wildman–Crippen MR) is 57.6 cm³/mol. The maximum atomic E-state index is 13.4. The maximum absolute atomic E-state index is 13.4. The fraction of sp³-hybridized carbons (Fsp3) is 0.417. The summed E-state index contributed by atoms with van der Waals surface area (Å²) in [6.45, 7) is 1.77. The minimum atomic E-state index is -0.502. The molecule has 1 aromatic carbocycles. The van der Waals surface area contributed by atoms with Crippen molar-refractivity contribution in [2.45, 2.75) is 31.9 Å². The Morgan fingerprint density at radius 2 is 2.19 bits per heavy atom. The highest BCUT2D eigenvalue weighted by atomic mass is 19.1. The molecule has 0 bridgehead atoms. The minimum Gasteiger partial charge on any atom is -0.393 e. The second kappa shape index (κ2) is 4.22. The van der Waals surface area contributed by atoms with Crippen LogP contribution in [0.25, 0.3) is 0 Å². The van der Waals surface area contributed by atoms with Crippen LogP contribution in [0.3, 0.4) is 0 Å². The van der Waals surface area contributed by atoms with Gasteiger partial charge in [-0.1, -0.05) is 6.07 Å². The normalized spacial score (nSPS) is 23.7. The fourth-order valence-corrected chi connectivity index (χ4v) is 1.77. The number of aliphatic hydroxyl groups is 1. The molecule has 0 atom stereocenters. The second-order valence-electron chi connectivity index (χ2n) is 4.28. The smallest absolute Gasteiger partial charge is 0.254 e. The van der Waals surface area contributed by atoms with E-state index in [0.717, 1.165) is 5.56 Å². The van der Waals surface area contributed by atoms with Gasteiger partial charge in [0.1, 0.15) is 5.82 Å². The van der Waals surface area contributed by atoms with Gasteiger partial charge in [0.05, 0.1) is 11.7 Å². The van der Waals surface area contributed by atoms with Crippen molar-refractivity contribution in [1.29, 1.82) is 0 Å². The van der Waals surface area contributed by atoms with Gasteiger partial charge >= 0.3 is 0 Å². The van der Waals surface area contributed by atoms with Crippen LogP contribution < -0.4 is 5.32 Å². The quantitative estimate of drug-likeness (QED) is 0.796. The number of rotatable bonds is 2. The average molecular weight is 223 g/mol. The molecule has 0 radical (unpaired) electrons. The van der Waals surface area contributed by atoms with E-state index in [1.54, 1.807) is 13.0 Å². The van der Waals surface area contributed by atoms with Gasteiger partial charge in [-0.15, -0.1) is 0 Å². The average Bonchev–Trinajstić information content (AvgIpc) is 2.15. The molecule has 3 nitrogen and oxygen atoms in total. The first-order valence-corrected chi connectivity index (χ1v) is 5.31. The van der Waals surface area contributed by atoms with Crippen LogP contribution in [0, 0.1) is 12.7 Å². The molecular formula is C12H14FNO2. The van der Waals surface area contributed by atoms with E-state index < -0.39 is 11.7 Å². The zero-order chi connectivity index (χ0) is 11.7. The highest BCUT2D eigenvalue weighted by Gasteiger charge is 2.29. The van der Waals surface area contributed by atoms with Crippen LogP contribution in [-0.2, 0) is 0 Å². The molecule has 1 amide bonds. The number of nitrogens with one attached hydrogen (secondary N) is 1. The van der Waals surface area contributed by atoms with E-state index in [9.17, 15) is 9.18 Å². The van der Waals surface area contributed by atoms with Crippen molar-refractivity contribution in [2.75, 3.05) is 0 Å². The molecule has 4 heteroatoms. The summed E-state index contributed by atoms with van der Waals surface area (Å²) in [6, 6.07) is 4.50. The Morgan fingerprint density at radius 3 is 2.75 bits per heavy atom. The van der Waals surface area contributed by atoms with Crippen molar-refractivity contribution in [3.05, 3.63) is 35.1 Å². The van der Waals surface area contributed by atoms with Crippen molar-refractivity contribution >= 4 is 5.91 Å². The van der Waals surface area contributed by atoms with E-state index in [-0.39, 0.29) is 17.7 Å². The molecule has 2 N–H and O–H groups in total. The van der Waals surface area contributed by atoms with Crippen LogP contribution >= 0.6 is 0 Å². The summed E-state index contributed by atoms with van der Waals surface area (Å²) in [5, 5.41) is 11.8. The Kier molecular flexibility index (Phi) is 2.92. The number of aryl methyl sites for hydroxylation is 1. The highest BCUT2D eigenvalue weighted by molar-refractivity contribution is 5.94. The van der Waals surface area contributed by atoms with Gasteiger partial charge in [-0.3, -0.25) is 4.79 Å². The van der Waals surface area contributed by atoms with E-state index in [0.29, 0.717) is 12.8 Å². The third-order valence-corrected chi connectivity index (χ3v) is 2.82. The number of benzene rings is 1. The van der Waals surface area contributed by atoms with E-state index in [1.165, 1.54) is 12.1 Å². The Morgan fingerprint density at radius 1 is 1.50 bits per heavy atom. The van der Waals surface area contributed by atoms with Gasteiger partial charge in [0.25, 0.3) is 5.91 Å². The molecule has 1 fully saturated rings. The van der Waals surface area contributed by atoms with Crippen molar-refractivity contribution in [3.8, 4) is 0 Å².